The van der Waals surface area contributed by atoms with Gasteiger partial charge in [0.05, 0.1) is 10.7 Å². The van der Waals surface area contributed by atoms with Crippen LogP contribution in [0, 0.1) is 19.7 Å². The minimum atomic E-state index is -0.226. The predicted molar refractivity (Wildman–Crippen MR) is 81.2 cm³/mol. The van der Waals surface area contributed by atoms with E-state index >= 15 is 0 Å². The van der Waals surface area contributed by atoms with Crippen molar-refractivity contribution >= 4 is 27.3 Å². The topological polar surface area (TPSA) is 24.9 Å². The number of halogens is 2. The van der Waals surface area contributed by atoms with Crippen molar-refractivity contribution < 1.29 is 4.39 Å². The molecule has 0 aliphatic heterocycles. The summed E-state index contributed by atoms with van der Waals surface area (Å²) in [6.07, 6.45) is 0.770. The summed E-state index contributed by atoms with van der Waals surface area (Å²) in [6.45, 7) is 4.09. The number of hydrogen-bond donors (Lipinski definition) is 1. The van der Waals surface area contributed by atoms with Crippen molar-refractivity contribution in [2.24, 2.45) is 0 Å². The highest BCUT2D eigenvalue weighted by molar-refractivity contribution is 9.10. The monoisotopic (exact) mass is 342 g/mol. The fraction of sp³-hybridized carbons (Fsp3) is 0.357. The van der Waals surface area contributed by atoms with Crippen LogP contribution in [-0.2, 0) is 6.42 Å². The van der Waals surface area contributed by atoms with Crippen molar-refractivity contribution in [1.29, 1.82) is 0 Å². The third-order valence-electron chi connectivity index (χ3n) is 3.09. The Morgan fingerprint density at radius 2 is 2.11 bits per heavy atom. The minimum absolute atomic E-state index is 0.0666. The van der Waals surface area contributed by atoms with Crippen molar-refractivity contribution in [1.82, 2.24) is 10.3 Å². The van der Waals surface area contributed by atoms with Crippen LogP contribution in [-0.4, -0.2) is 12.0 Å². The van der Waals surface area contributed by atoms with E-state index in [1.54, 1.807) is 17.4 Å². The lowest BCUT2D eigenvalue weighted by Crippen LogP contribution is -2.19. The van der Waals surface area contributed by atoms with Crippen molar-refractivity contribution in [3.63, 3.8) is 0 Å². The van der Waals surface area contributed by atoms with Crippen LogP contribution in [0.25, 0.3) is 0 Å². The largest absolute Gasteiger partial charge is 0.313 e. The van der Waals surface area contributed by atoms with Gasteiger partial charge in [-0.05, 0) is 44.7 Å². The first-order valence-corrected chi connectivity index (χ1v) is 7.66. The predicted octanol–water partition coefficient (Wildman–Crippen LogP) is 4.16. The van der Waals surface area contributed by atoms with Crippen LogP contribution >= 0.6 is 27.3 Å². The average Bonchev–Trinajstić information content (AvgIpc) is 2.64. The summed E-state index contributed by atoms with van der Waals surface area (Å²) in [4.78, 5) is 5.78. The molecule has 0 fully saturated rings. The van der Waals surface area contributed by atoms with E-state index in [1.807, 2.05) is 20.0 Å². The molecule has 1 unspecified atom stereocenters. The molecule has 1 aromatic heterocycles. The van der Waals surface area contributed by atoms with E-state index in [0.29, 0.717) is 0 Å². The Bertz CT molecular complexity index is 543. The molecule has 1 N–H and O–H groups in total. The summed E-state index contributed by atoms with van der Waals surface area (Å²) in [5.41, 5.74) is 2.01. The minimum Gasteiger partial charge on any atom is -0.313 e. The van der Waals surface area contributed by atoms with Gasteiger partial charge in [-0.2, -0.15) is 0 Å². The van der Waals surface area contributed by atoms with E-state index in [9.17, 15) is 4.39 Å². The normalized spacial score (nSPS) is 12.7. The van der Waals surface area contributed by atoms with Crippen LogP contribution in [0.3, 0.4) is 0 Å². The molecular weight excluding hydrogens is 327 g/mol. The van der Waals surface area contributed by atoms with Gasteiger partial charge >= 0.3 is 0 Å². The second-order valence-electron chi connectivity index (χ2n) is 4.50. The zero-order valence-corrected chi connectivity index (χ0v) is 13.5. The number of rotatable bonds is 4. The van der Waals surface area contributed by atoms with E-state index in [-0.39, 0.29) is 11.9 Å². The number of nitrogens with zero attached hydrogens (tertiary/aromatic N) is 1. The Labute approximate surface area is 125 Å². The van der Waals surface area contributed by atoms with Crippen LogP contribution in [0.15, 0.2) is 22.7 Å². The molecule has 1 atom stereocenters. The molecule has 5 heteroatoms. The van der Waals surface area contributed by atoms with Crippen molar-refractivity contribution in [3.8, 4) is 0 Å². The van der Waals surface area contributed by atoms with Gasteiger partial charge in [-0.25, -0.2) is 9.37 Å². The van der Waals surface area contributed by atoms with Crippen LogP contribution in [0.5, 0.6) is 0 Å². The first-order valence-electron chi connectivity index (χ1n) is 6.05. The van der Waals surface area contributed by atoms with E-state index < -0.39 is 0 Å². The highest BCUT2D eigenvalue weighted by Crippen LogP contribution is 2.26. The van der Waals surface area contributed by atoms with Gasteiger partial charge in [0.2, 0.25) is 0 Å². The second kappa shape index (κ2) is 6.11. The number of hydrogen-bond acceptors (Lipinski definition) is 3. The number of likely N-dealkylation sites (N-methyl/N-ethyl adjacent to an activating group) is 1. The van der Waals surface area contributed by atoms with Gasteiger partial charge in [0.25, 0.3) is 0 Å². The second-order valence-corrected chi connectivity index (χ2v) is 6.70. The maximum Gasteiger partial charge on any atom is 0.124 e. The molecule has 0 aliphatic carbocycles. The van der Waals surface area contributed by atoms with Crippen LogP contribution in [0.2, 0.25) is 0 Å². The third-order valence-corrected chi connectivity index (χ3v) is 4.64. The lowest BCUT2D eigenvalue weighted by atomic mass is 10.0. The molecule has 0 saturated carbocycles. The average molecular weight is 343 g/mol. The quantitative estimate of drug-likeness (QED) is 0.902. The lowest BCUT2D eigenvalue weighted by Gasteiger charge is -2.15. The molecule has 0 bridgehead atoms. The lowest BCUT2D eigenvalue weighted by molar-refractivity contribution is 0.575. The maximum atomic E-state index is 13.5. The maximum absolute atomic E-state index is 13.5. The fourth-order valence-electron chi connectivity index (χ4n) is 1.96. The summed E-state index contributed by atoms with van der Waals surface area (Å²) >= 11 is 5.04. The molecule has 2 nitrogen and oxygen atoms in total. The van der Waals surface area contributed by atoms with Gasteiger partial charge in [-0.15, -0.1) is 11.3 Å². The Morgan fingerprint density at radius 3 is 2.63 bits per heavy atom. The number of aromatic nitrogens is 1. The molecular formula is C14H16BrFN2S. The molecule has 19 heavy (non-hydrogen) atoms. The van der Waals surface area contributed by atoms with Gasteiger partial charge in [0.15, 0.2) is 0 Å². The van der Waals surface area contributed by atoms with E-state index in [4.69, 9.17) is 0 Å². The molecule has 1 aromatic carbocycles. The molecule has 102 valence electrons. The van der Waals surface area contributed by atoms with Crippen LogP contribution in [0.4, 0.5) is 4.39 Å². The number of thiazole rings is 1. The SMILES string of the molecule is CNC(Cc1nc(C)c(C)s1)c1cc(F)cc(Br)c1. The van der Waals surface area contributed by atoms with Gasteiger partial charge in [-0.3, -0.25) is 0 Å². The van der Waals surface area contributed by atoms with E-state index in [2.05, 4.69) is 33.2 Å². The zero-order valence-electron chi connectivity index (χ0n) is 11.1. The zero-order chi connectivity index (χ0) is 14.0. The number of nitrogens with one attached hydrogen (secondary N) is 1. The van der Waals surface area contributed by atoms with Gasteiger partial charge < -0.3 is 5.32 Å². The summed E-state index contributed by atoms with van der Waals surface area (Å²) in [6, 6.07) is 5.04. The summed E-state index contributed by atoms with van der Waals surface area (Å²) in [5, 5.41) is 4.31. The Hall–Kier alpha value is -0.780. The number of aryl methyl sites for hydroxylation is 2. The Morgan fingerprint density at radius 1 is 1.37 bits per heavy atom. The Kier molecular flexibility index (Phi) is 4.71. The summed E-state index contributed by atoms with van der Waals surface area (Å²) in [7, 11) is 1.89. The molecule has 0 saturated heterocycles. The van der Waals surface area contributed by atoms with E-state index in [0.717, 1.165) is 27.2 Å². The highest BCUT2D eigenvalue weighted by Gasteiger charge is 2.15. The van der Waals surface area contributed by atoms with Crippen LogP contribution < -0.4 is 5.32 Å². The third kappa shape index (κ3) is 3.61. The summed E-state index contributed by atoms with van der Waals surface area (Å²) < 4.78 is 14.2. The van der Waals surface area contributed by atoms with Gasteiger partial charge in [-0.1, -0.05) is 15.9 Å². The summed E-state index contributed by atoms with van der Waals surface area (Å²) in [5.74, 6) is -0.226. The molecule has 0 aliphatic rings. The smallest absolute Gasteiger partial charge is 0.124 e. The first-order chi connectivity index (χ1) is 8.99. The van der Waals surface area contributed by atoms with Crippen molar-refractivity contribution in [2.75, 3.05) is 7.05 Å². The highest BCUT2D eigenvalue weighted by atomic mass is 79.9. The van der Waals surface area contributed by atoms with Gasteiger partial charge in [0.1, 0.15) is 5.82 Å². The Balaban J connectivity index is 2.24. The number of benzene rings is 1. The van der Waals surface area contributed by atoms with Crippen molar-refractivity contribution in [2.45, 2.75) is 26.3 Å². The molecule has 0 amide bonds. The van der Waals surface area contributed by atoms with E-state index in [1.165, 1.54) is 10.9 Å². The van der Waals surface area contributed by atoms with Crippen LogP contribution in [0.1, 0.15) is 27.2 Å². The molecule has 2 aromatic rings. The standard InChI is InChI=1S/C14H16BrFN2S/c1-8-9(2)19-14(18-8)7-13(17-3)10-4-11(15)6-12(16)5-10/h4-6,13,17H,7H2,1-3H3. The first kappa shape index (κ1) is 14.6. The molecule has 0 radical (unpaired) electrons. The molecule has 2 rings (SSSR count). The molecule has 0 spiro atoms. The molecule has 1 heterocycles. The fourth-order valence-corrected chi connectivity index (χ4v) is 3.43. The van der Waals surface area contributed by atoms with Crippen molar-refractivity contribution in [3.05, 3.63) is 49.6 Å². The van der Waals surface area contributed by atoms with Gasteiger partial charge in [0, 0.05) is 21.8 Å².